The maximum atomic E-state index is 13.5. The van der Waals surface area contributed by atoms with Crippen LogP contribution in [0.25, 0.3) is 0 Å². The number of fused-ring (bicyclic) bond motifs is 2. The standard InChI is InChI=1S/C24H23NO5/c1-4-14-25-20-9-7-6-8-19(20)24(23(25)27)15-18(22(26)29-5-2)21(30-24)16-10-12-17(28-3)13-11-16/h1,6-13,18,21H,5,14-15H2,2-3H3/t18?,21-,24-/m0/s1. The van der Waals surface area contributed by atoms with Crippen LogP contribution in [0, 0.1) is 18.3 Å². The van der Waals surface area contributed by atoms with Crippen molar-refractivity contribution in [2.45, 2.75) is 25.0 Å². The highest BCUT2D eigenvalue weighted by atomic mass is 16.6. The van der Waals surface area contributed by atoms with Crippen molar-refractivity contribution >= 4 is 17.6 Å². The van der Waals surface area contributed by atoms with Crippen LogP contribution in [-0.2, 0) is 24.7 Å². The number of amides is 1. The van der Waals surface area contributed by atoms with Crippen molar-refractivity contribution in [1.29, 1.82) is 0 Å². The van der Waals surface area contributed by atoms with E-state index in [4.69, 9.17) is 20.6 Å². The van der Waals surface area contributed by atoms with Gasteiger partial charge in [0.1, 0.15) is 5.75 Å². The van der Waals surface area contributed by atoms with Gasteiger partial charge in [-0.15, -0.1) is 6.42 Å². The molecule has 1 saturated heterocycles. The van der Waals surface area contributed by atoms with Crippen LogP contribution in [0.15, 0.2) is 48.5 Å². The van der Waals surface area contributed by atoms with Crippen molar-refractivity contribution in [2.75, 3.05) is 25.2 Å². The average Bonchev–Trinajstić information content (AvgIpc) is 3.28. The van der Waals surface area contributed by atoms with Gasteiger partial charge in [-0.05, 0) is 30.7 Å². The molecule has 2 heterocycles. The average molecular weight is 405 g/mol. The lowest BCUT2D eigenvalue weighted by Gasteiger charge is -2.24. The fourth-order valence-corrected chi connectivity index (χ4v) is 4.37. The first-order valence-electron chi connectivity index (χ1n) is 9.89. The minimum atomic E-state index is -1.27. The Morgan fingerprint density at radius 3 is 2.67 bits per heavy atom. The molecule has 4 rings (SSSR count). The van der Waals surface area contributed by atoms with Crippen molar-refractivity contribution in [3.05, 3.63) is 59.7 Å². The Hall–Kier alpha value is -3.30. The number of carbonyl (C=O) groups is 2. The Bertz CT molecular complexity index is 1010. The van der Waals surface area contributed by atoms with Crippen molar-refractivity contribution in [1.82, 2.24) is 0 Å². The van der Waals surface area contributed by atoms with E-state index in [0.717, 1.165) is 16.8 Å². The van der Waals surface area contributed by atoms with Crippen LogP contribution in [-0.4, -0.2) is 32.1 Å². The number of hydrogen-bond acceptors (Lipinski definition) is 5. The summed E-state index contributed by atoms with van der Waals surface area (Å²) in [4.78, 5) is 27.9. The van der Waals surface area contributed by atoms with Crippen LogP contribution in [0.5, 0.6) is 5.75 Å². The fraction of sp³-hybridized carbons (Fsp3) is 0.333. The van der Waals surface area contributed by atoms with Gasteiger partial charge < -0.3 is 14.2 Å². The lowest BCUT2D eigenvalue weighted by Crippen LogP contribution is -2.40. The third-order valence-electron chi connectivity index (χ3n) is 5.70. The van der Waals surface area contributed by atoms with E-state index in [0.29, 0.717) is 5.75 Å². The number of esters is 1. The van der Waals surface area contributed by atoms with Gasteiger partial charge in [-0.3, -0.25) is 14.5 Å². The van der Waals surface area contributed by atoms with E-state index < -0.39 is 17.6 Å². The fourth-order valence-electron chi connectivity index (χ4n) is 4.37. The van der Waals surface area contributed by atoms with Gasteiger partial charge >= 0.3 is 5.97 Å². The Kier molecular flexibility index (Phi) is 5.23. The minimum absolute atomic E-state index is 0.137. The first kappa shape index (κ1) is 20.0. The molecule has 30 heavy (non-hydrogen) atoms. The number of anilines is 1. The van der Waals surface area contributed by atoms with Crippen LogP contribution >= 0.6 is 0 Å². The maximum Gasteiger partial charge on any atom is 0.312 e. The van der Waals surface area contributed by atoms with Crippen molar-refractivity contribution in [3.8, 4) is 18.1 Å². The SMILES string of the molecule is C#CCN1C(=O)[C@]2(CC(C(=O)OCC)[C@H](c3ccc(OC)cc3)O2)c2ccccc21. The van der Waals surface area contributed by atoms with Gasteiger partial charge in [0.05, 0.1) is 38.0 Å². The van der Waals surface area contributed by atoms with Crippen molar-refractivity contribution in [2.24, 2.45) is 5.92 Å². The van der Waals surface area contributed by atoms with Crippen LogP contribution in [0.1, 0.15) is 30.6 Å². The number of carbonyl (C=O) groups excluding carboxylic acids is 2. The Morgan fingerprint density at radius 1 is 1.27 bits per heavy atom. The summed E-state index contributed by atoms with van der Waals surface area (Å²) in [5.74, 6) is 1.99. The lowest BCUT2D eigenvalue weighted by atomic mass is 9.86. The maximum absolute atomic E-state index is 13.5. The zero-order valence-corrected chi connectivity index (χ0v) is 17.0. The molecule has 0 bridgehead atoms. The lowest BCUT2D eigenvalue weighted by molar-refractivity contribution is -0.151. The summed E-state index contributed by atoms with van der Waals surface area (Å²) in [6.45, 7) is 2.15. The van der Waals surface area contributed by atoms with Crippen molar-refractivity contribution < 1.29 is 23.8 Å². The van der Waals surface area contributed by atoms with E-state index >= 15 is 0 Å². The summed E-state index contributed by atoms with van der Waals surface area (Å²) in [6.07, 6.45) is 5.07. The molecule has 6 heteroatoms. The number of rotatable bonds is 5. The molecule has 2 aromatic rings. The second-order valence-corrected chi connectivity index (χ2v) is 7.31. The van der Waals surface area contributed by atoms with Crippen molar-refractivity contribution in [3.63, 3.8) is 0 Å². The van der Waals surface area contributed by atoms with E-state index in [1.54, 1.807) is 31.1 Å². The zero-order valence-electron chi connectivity index (χ0n) is 17.0. The number of para-hydroxylation sites is 1. The van der Waals surface area contributed by atoms with Crippen LogP contribution < -0.4 is 9.64 Å². The first-order valence-corrected chi connectivity index (χ1v) is 9.89. The van der Waals surface area contributed by atoms with Gasteiger partial charge in [0.2, 0.25) is 0 Å². The molecule has 1 amide bonds. The van der Waals surface area contributed by atoms with Crippen LogP contribution in [0.3, 0.4) is 0 Å². The number of methoxy groups -OCH3 is 1. The second-order valence-electron chi connectivity index (χ2n) is 7.31. The predicted molar refractivity (Wildman–Crippen MR) is 111 cm³/mol. The molecule has 6 nitrogen and oxygen atoms in total. The molecule has 2 aromatic carbocycles. The normalized spacial score (nSPS) is 24.6. The molecule has 0 aromatic heterocycles. The van der Waals surface area contributed by atoms with Gasteiger partial charge in [0, 0.05) is 12.0 Å². The van der Waals surface area contributed by atoms with Gasteiger partial charge in [-0.2, -0.15) is 0 Å². The summed E-state index contributed by atoms with van der Waals surface area (Å²) >= 11 is 0. The molecule has 0 aliphatic carbocycles. The van der Waals surface area contributed by atoms with E-state index in [-0.39, 0.29) is 31.4 Å². The molecule has 1 unspecified atom stereocenters. The number of benzene rings is 2. The molecule has 0 radical (unpaired) electrons. The monoisotopic (exact) mass is 405 g/mol. The van der Waals surface area contributed by atoms with E-state index in [2.05, 4.69) is 5.92 Å². The number of terminal acetylenes is 1. The molecule has 2 aliphatic heterocycles. The third kappa shape index (κ3) is 3.03. The molecule has 3 atom stereocenters. The largest absolute Gasteiger partial charge is 0.497 e. The van der Waals surface area contributed by atoms with E-state index in [1.165, 1.54) is 0 Å². The molecule has 0 saturated carbocycles. The topological polar surface area (TPSA) is 65.1 Å². The van der Waals surface area contributed by atoms with Gasteiger partial charge in [-0.25, -0.2) is 0 Å². The van der Waals surface area contributed by atoms with E-state index in [9.17, 15) is 9.59 Å². The van der Waals surface area contributed by atoms with Gasteiger partial charge in [-0.1, -0.05) is 36.3 Å². The number of ether oxygens (including phenoxy) is 3. The highest BCUT2D eigenvalue weighted by Gasteiger charge is 2.61. The second kappa shape index (κ2) is 7.85. The minimum Gasteiger partial charge on any atom is -0.497 e. The molecule has 154 valence electrons. The Labute approximate surface area is 175 Å². The predicted octanol–water partition coefficient (Wildman–Crippen LogP) is 3.21. The van der Waals surface area contributed by atoms with Gasteiger partial charge in [0.25, 0.3) is 5.91 Å². The zero-order chi connectivity index (χ0) is 21.3. The first-order chi connectivity index (χ1) is 14.6. The summed E-state index contributed by atoms with van der Waals surface area (Å²) in [5.41, 5.74) is 0.968. The third-order valence-corrected chi connectivity index (χ3v) is 5.70. The van der Waals surface area contributed by atoms with Crippen LogP contribution in [0.4, 0.5) is 5.69 Å². The highest BCUT2D eigenvalue weighted by molar-refractivity contribution is 6.08. The Morgan fingerprint density at radius 2 is 2.00 bits per heavy atom. The summed E-state index contributed by atoms with van der Waals surface area (Å²) in [6, 6.07) is 14.7. The molecule has 1 spiro atoms. The smallest absolute Gasteiger partial charge is 0.312 e. The van der Waals surface area contributed by atoms with E-state index in [1.807, 2.05) is 36.4 Å². The molecule has 0 N–H and O–H groups in total. The van der Waals surface area contributed by atoms with Gasteiger partial charge in [0.15, 0.2) is 5.60 Å². The van der Waals surface area contributed by atoms with Crippen LogP contribution in [0.2, 0.25) is 0 Å². The molecule has 1 fully saturated rings. The quantitative estimate of drug-likeness (QED) is 0.565. The summed E-state index contributed by atoms with van der Waals surface area (Å²) in [5, 5.41) is 0. The molecule has 2 aliphatic rings. The summed E-state index contributed by atoms with van der Waals surface area (Å²) in [7, 11) is 1.59. The number of nitrogens with zero attached hydrogens (tertiary/aromatic N) is 1. The summed E-state index contributed by atoms with van der Waals surface area (Å²) < 4.78 is 17.0. The Balaban J connectivity index is 1.79. The highest BCUT2D eigenvalue weighted by Crippen LogP contribution is 2.56. The molecular weight excluding hydrogens is 382 g/mol. The number of hydrogen-bond donors (Lipinski definition) is 0. The molecular formula is C24H23NO5.